The third-order valence-corrected chi connectivity index (χ3v) is 4.53. The van der Waals surface area contributed by atoms with Gasteiger partial charge in [-0.25, -0.2) is 14.4 Å². The van der Waals surface area contributed by atoms with Gasteiger partial charge in [0.15, 0.2) is 11.5 Å². The van der Waals surface area contributed by atoms with Gasteiger partial charge in [-0.2, -0.15) is 13.2 Å². The molecule has 10 heteroatoms. The molecule has 4 rings (SSSR count). The molecule has 1 atom stereocenters. The fourth-order valence-electron chi connectivity index (χ4n) is 3.20. The lowest BCUT2D eigenvalue weighted by Crippen LogP contribution is -2.27. The zero-order chi connectivity index (χ0) is 20.1. The third-order valence-electron chi connectivity index (χ3n) is 4.53. The lowest BCUT2D eigenvalue weighted by molar-refractivity contribution is -0.141. The second-order valence-corrected chi connectivity index (χ2v) is 6.51. The molecule has 0 aliphatic carbocycles. The number of aromatic nitrogens is 2. The van der Waals surface area contributed by atoms with Crippen LogP contribution in [0.15, 0.2) is 34.9 Å². The number of carbonyl (C=O) groups is 1. The number of halogens is 4. The summed E-state index contributed by atoms with van der Waals surface area (Å²) in [5.41, 5.74) is 3.28. The van der Waals surface area contributed by atoms with Crippen molar-refractivity contribution in [1.82, 2.24) is 9.97 Å². The lowest BCUT2D eigenvalue weighted by Gasteiger charge is -2.19. The van der Waals surface area contributed by atoms with Gasteiger partial charge >= 0.3 is 6.18 Å². The van der Waals surface area contributed by atoms with Crippen LogP contribution < -0.4 is 10.6 Å². The Hall–Kier alpha value is -3.01. The summed E-state index contributed by atoms with van der Waals surface area (Å²) < 4.78 is 59.7. The number of furan rings is 1. The average molecular weight is 394 g/mol. The Morgan fingerprint density at radius 2 is 2.00 bits per heavy atom. The molecule has 3 heterocycles. The Morgan fingerprint density at radius 1 is 1.25 bits per heavy atom. The third kappa shape index (κ3) is 3.19. The number of nitrogens with zero attached hydrogens (tertiary/aromatic N) is 3. The van der Waals surface area contributed by atoms with E-state index in [1.165, 1.54) is 24.5 Å². The molecule has 1 saturated heterocycles. The summed E-state index contributed by atoms with van der Waals surface area (Å²) in [4.78, 5) is 21.5. The van der Waals surface area contributed by atoms with Crippen LogP contribution in [0.5, 0.6) is 0 Å². The maximum Gasteiger partial charge on any atom is 0.435 e. The number of rotatable bonds is 3. The Kier molecular flexibility index (Phi) is 4.30. The fraction of sp³-hybridized carbons (Fsp3) is 0.278. The van der Waals surface area contributed by atoms with Crippen molar-refractivity contribution in [3.8, 4) is 0 Å². The number of carbonyl (C=O) groups excluding carboxylic acids is 1. The summed E-state index contributed by atoms with van der Waals surface area (Å²) in [6, 6.07) is 4.66. The number of hydrogen-bond acceptors (Lipinski definition) is 6. The van der Waals surface area contributed by atoms with E-state index < -0.39 is 29.2 Å². The normalized spacial score (nSPS) is 17.5. The molecule has 0 bridgehead atoms. The van der Waals surface area contributed by atoms with Gasteiger partial charge in [-0.15, -0.1) is 0 Å². The van der Waals surface area contributed by atoms with Gasteiger partial charge in [0.2, 0.25) is 5.78 Å². The molecule has 2 aromatic heterocycles. The van der Waals surface area contributed by atoms with Crippen molar-refractivity contribution in [3.63, 3.8) is 0 Å². The van der Waals surface area contributed by atoms with Gasteiger partial charge in [0.1, 0.15) is 11.5 Å². The van der Waals surface area contributed by atoms with Gasteiger partial charge in [-0.1, -0.05) is 0 Å². The summed E-state index contributed by atoms with van der Waals surface area (Å²) in [7, 11) is 0. The van der Waals surface area contributed by atoms with Crippen molar-refractivity contribution in [2.75, 3.05) is 18.0 Å². The highest BCUT2D eigenvalue weighted by Gasteiger charge is 2.39. The van der Waals surface area contributed by atoms with E-state index in [9.17, 15) is 22.4 Å². The van der Waals surface area contributed by atoms with Crippen LogP contribution in [0.2, 0.25) is 0 Å². The first-order valence-corrected chi connectivity index (χ1v) is 8.41. The minimum Gasteiger partial charge on any atom is -0.461 e. The van der Waals surface area contributed by atoms with Crippen LogP contribution in [-0.2, 0) is 6.18 Å². The number of hydrogen-bond donors (Lipinski definition) is 1. The molecule has 6 nitrogen and oxygen atoms in total. The van der Waals surface area contributed by atoms with Gasteiger partial charge < -0.3 is 15.1 Å². The number of nitrogens with two attached hydrogens (primary N) is 1. The van der Waals surface area contributed by atoms with Crippen LogP contribution in [-0.4, -0.2) is 34.9 Å². The second-order valence-electron chi connectivity index (χ2n) is 6.51. The molecular weight excluding hydrogens is 380 g/mol. The molecule has 2 N–H and O–H groups in total. The highest BCUT2D eigenvalue weighted by molar-refractivity contribution is 6.07. The quantitative estimate of drug-likeness (QED) is 0.543. The number of alkyl halides is 3. The van der Waals surface area contributed by atoms with Crippen molar-refractivity contribution in [1.29, 1.82) is 0 Å². The maximum atomic E-state index is 14.5. The molecule has 1 aromatic carbocycles. The molecule has 28 heavy (non-hydrogen) atoms. The first-order chi connectivity index (χ1) is 13.2. The topological polar surface area (TPSA) is 85.2 Å². The molecule has 0 spiro atoms. The second kappa shape index (κ2) is 6.55. The van der Waals surface area contributed by atoms with Crippen molar-refractivity contribution in [2.45, 2.75) is 18.6 Å². The molecule has 0 unspecified atom stereocenters. The summed E-state index contributed by atoms with van der Waals surface area (Å²) >= 11 is 0. The molecule has 0 amide bonds. The van der Waals surface area contributed by atoms with Crippen LogP contribution in [0, 0.1) is 5.82 Å². The summed E-state index contributed by atoms with van der Waals surface area (Å²) in [6.07, 6.45) is -3.12. The number of benzene rings is 1. The van der Waals surface area contributed by atoms with Crippen LogP contribution in [0.4, 0.5) is 23.2 Å². The van der Waals surface area contributed by atoms with Crippen molar-refractivity contribution < 1.29 is 26.8 Å². The van der Waals surface area contributed by atoms with E-state index in [4.69, 9.17) is 10.2 Å². The van der Waals surface area contributed by atoms with E-state index in [0.29, 0.717) is 19.5 Å². The Bertz CT molecular complexity index is 1050. The molecule has 0 radical (unpaired) electrons. The summed E-state index contributed by atoms with van der Waals surface area (Å²) in [6.45, 7) is 0.921. The van der Waals surface area contributed by atoms with E-state index >= 15 is 0 Å². The van der Waals surface area contributed by atoms with Crippen LogP contribution in [0.1, 0.15) is 28.4 Å². The lowest BCUT2D eigenvalue weighted by atomic mass is 10.1. The predicted octanol–water partition coefficient (Wildman–Crippen LogP) is 3.15. The standard InChI is InChI=1S/C18H14F4N4O2/c19-10-6-11-12(7-13(10)26-4-3-9(23)8-26)24-15(17(25-11)18(20,21)22)16(27)14-2-1-5-28-14/h1-2,5-7,9H,3-4,8,23H2/t9-/m0/s1. The van der Waals surface area contributed by atoms with Gasteiger partial charge in [-0.3, -0.25) is 4.79 Å². The van der Waals surface area contributed by atoms with Gasteiger partial charge in [-0.05, 0) is 24.6 Å². The number of ketones is 1. The molecule has 146 valence electrons. The van der Waals surface area contributed by atoms with E-state index in [2.05, 4.69) is 9.97 Å². The van der Waals surface area contributed by atoms with E-state index in [-0.39, 0.29) is 28.5 Å². The van der Waals surface area contributed by atoms with Gasteiger partial charge in [0.25, 0.3) is 0 Å². The largest absolute Gasteiger partial charge is 0.461 e. The predicted molar refractivity (Wildman–Crippen MR) is 91.4 cm³/mol. The smallest absolute Gasteiger partial charge is 0.435 e. The SMILES string of the molecule is N[C@H]1CCN(c2cc3nc(C(=O)c4ccco4)c(C(F)(F)F)nc3cc2F)C1. The zero-order valence-corrected chi connectivity index (χ0v) is 14.3. The Morgan fingerprint density at radius 3 is 2.61 bits per heavy atom. The van der Waals surface area contributed by atoms with E-state index in [0.717, 1.165) is 6.07 Å². The molecule has 1 aliphatic rings. The molecule has 1 aliphatic heterocycles. The van der Waals surface area contributed by atoms with Crippen molar-refractivity contribution >= 4 is 22.5 Å². The van der Waals surface area contributed by atoms with E-state index in [1.54, 1.807) is 4.90 Å². The minimum atomic E-state index is -4.95. The fourth-order valence-corrected chi connectivity index (χ4v) is 3.20. The van der Waals surface area contributed by atoms with E-state index in [1.807, 2.05) is 0 Å². The highest BCUT2D eigenvalue weighted by Crippen LogP contribution is 2.34. The molecule has 1 fully saturated rings. The molecular formula is C18H14F4N4O2. The molecule has 3 aromatic rings. The Balaban J connectivity index is 1.89. The van der Waals surface area contributed by atoms with Crippen LogP contribution in [0.3, 0.4) is 0 Å². The van der Waals surface area contributed by atoms with Crippen LogP contribution >= 0.6 is 0 Å². The average Bonchev–Trinajstić information content (AvgIpc) is 3.30. The number of fused-ring (bicyclic) bond motifs is 1. The minimum absolute atomic E-state index is 0.0280. The first-order valence-electron chi connectivity index (χ1n) is 8.41. The monoisotopic (exact) mass is 394 g/mol. The van der Waals surface area contributed by atoms with Gasteiger partial charge in [0, 0.05) is 25.2 Å². The summed E-state index contributed by atoms with van der Waals surface area (Å²) in [5.74, 6) is -2.08. The highest BCUT2D eigenvalue weighted by atomic mass is 19.4. The number of anilines is 1. The molecule has 0 saturated carbocycles. The Labute approximate surface area is 156 Å². The van der Waals surface area contributed by atoms with Gasteiger partial charge in [0.05, 0.1) is 23.0 Å². The zero-order valence-electron chi connectivity index (χ0n) is 14.3. The van der Waals surface area contributed by atoms with Crippen molar-refractivity contribution in [2.24, 2.45) is 5.73 Å². The van der Waals surface area contributed by atoms with Crippen molar-refractivity contribution in [3.05, 3.63) is 53.5 Å². The summed E-state index contributed by atoms with van der Waals surface area (Å²) in [5, 5.41) is 0. The first kappa shape index (κ1) is 18.4. The van der Waals surface area contributed by atoms with Crippen LogP contribution in [0.25, 0.3) is 11.0 Å². The maximum absolute atomic E-state index is 14.5.